The van der Waals surface area contributed by atoms with Crippen molar-refractivity contribution in [3.8, 4) is 28.8 Å². The van der Waals surface area contributed by atoms with E-state index in [4.69, 9.17) is 9.47 Å². The maximum Gasteiger partial charge on any atom is 0.255 e. The average Bonchev–Trinajstić information content (AvgIpc) is 2.85. The molecule has 0 saturated carbocycles. The zero-order valence-electron chi connectivity index (χ0n) is 18.8. The molecular formula is C27H25N3O3. The van der Waals surface area contributed by atoms with Crippen molar-refractivity contribution in [3.63, 3.8) is 0 Å². The molecule has 0 spiro atoms. The van der Waals surface area contributed by atoms with Crippen LogP contribution in [0.3, 0.4) is 0 Å². The van der Waals surface area contributed by atoms with Gasteiger partial charge in [-0.1, -0.05) is 38.1 Å². The highest BCUT2D eigenvalue weighted by molar-refractivity contribution is 6.04. The Morgan fingerprint density at radius 1 is 0.909 bits per heavy atom. The highest BCUT2D eigenvalue weighted by atomic mass is 16.5. The molecule has 6 nitrogen and oxygen atoms in total. The van der Waals surface area contributed by atoms with Crippen molar-refractivity contribution >= 4 is 11.6 Å². The Morgan fingerprint density at radius 2 is 1.64 bits per heavy atom. The zero-order chi connectivity index (χ0) is 23.2. The van der Waals surface area contributed by atoms with Crippen molar-refractivity contribution < 1.29 is 14.3 Å². The van der Waals surface area contributed by atoms with Crippen molar-refractivity contribution in [1.82, 2.24) is 9.97 Å². The van der Waals surface area contributed by atoms with Gasteiger partial charge in [0.2, 0.25) is 5.88 Å². The van der Waals surface area contributed by atoms with Crippen molar-refractivity contribution in [1.29, 1.82) is 0 Å². The van der Waals surface area contributed by atoms with E-state index < -0.39 is 0 Å². The molecule has 0 aliphatic rings. The molecule has 4 rings (SSSR count). The predicted octanol–water partition coefficient (Wildman–Crippen LogP) is 6.32. The van der Waals surface area contributed by atoms with E-state index in [1.54, 1.807) is 43.6 Å². The number of nitrogens with one attached hydrogen (secondary N) is 1. The SMILES string of the molecule is COc1ccc(Oc2ccnc(-c3cccc(C(=O)Nc4ccc(C(C)C)cc4)c3)n2)cc1. The fraction of sp³-hybridized carbons (Fsp3) is 0.148. The van der Waals surface area contributed by atoms with Gasteiger partial charge in [0.1, 0.15) is 11.5 Å². The molecule has 0 saturated heterocycles. The van der Waals surface area contributed by atoms with Gasteiger partial charge in [-0.05, 0) is 60.0 Å². The molecule has 3 aromatic carbocycles. The zero-order valence-corrected chi connectivity index (χ0v) is 18.8. The molecule has 4 aromatic rings. The highest BCUT2D eigenvalue weighted by Gasteiger charge is 2.11. The number of ether oxygens (including phenoxy) is 2. The van der Waals surface area contributed by atoms with Crippen LogP contribution in [-0.4, -0.2) is 23.0 Å². The normalized spacial score (nSPS) is 10.7. The van der Waals surface area contributed by atoms with Gasteiger partial charge < -0.3 is 14.8 Å². The minimum absolute atomic E-state index is 0.195. The summed E-state index contributed by atoms with van der Waals surface area (Å²) in [5.74, 6) is 2.51. The summed E-state index contributed by atoms with van der Waals surface area (Å²) in [5.41, 5.74) is 3.22. The summed E-state index contributed by atoms with van der Waals surface area (Å²) in [6, 6.07) is 24.0. The first-order chi connectivity index (χ1) is 16.0. The van der Waals surface area contributed by atoms with Crippen molar-refractivity contribution in [2.45, 2.75) is 19.8 Å². The number of benzene rings is 3. The van der Waals surface area contributed by atoms with Crippen LogP contribution in [0.2, 0.25) is 0 Å². The van der Waals surface area contributed by atoms with Crippen LogP contribution in [0.25, 0.3) is 11.4 Å². The molecule has 1 N–H and O–H groups in total. The Balaban J connectivity index is 1.49. The van der Waals surface area contributed by atoms with Gasteiger partial charge in [-0.25, -0.2) is 4.98 Å². The Hall–Kier alpha value is -4.19. The van der Waals surface area contributed by atoms with Gasteiger partial charge in [0.25, 0.3) is 5.91 Å². The second kappa shape index (κ2) is 9.96. The molecule has 0 fully saturated rings. The topological polar surface area (TPSA) is 73.3 Å². The molecule has 0 unspecified atom stereocenters. The van der Waals surface area contributed by atoms with Crippen LogP contribution in [-0.2, 0) is 0 Å². The van der Waals surface area contributed by atoms with Crippen LogP contribution in [0.5, 0.6) is 17.4 Å². The molecule has 166 valence electrons. The maximum atomic E-state index is 12.8. The van der Waals surface area contributed by atoms with Gasteiger partial charge in [-0.2, -0.15) is 4.98 Å². The predicted molar refractivity (Wildman–Crippen MR) is 129 cm³/mol. The number of methoxy groups -OCH3 is 1. The van der Waals surface area contributed by atoms with E-state index >= 15 is 0 Å². The lowest BCUT2D eigenvalue weighted by molar-refractivity contribution is 0.102. The van der Waals surface area contributed by atoms with E-state index in [2.05, 4.69) is 29.1 Å². The van der Waals surface area contributed by atoms with Gasteiger partial charge in [0, 0.05) is 29.1 Å². The lowest BCUT2D eigenvalue weighted by Crippen LogP contribution is -2.12. The maximum absolute atomic E-state index is 12.8. The summed E-state index contributed by atoms with van der Waals surface area (Å²) < 4.78 is 11.0. The van der Waals surface area contributed by atoms with Gasteiger partial charge in [0.15, 0.2) is 5.82 Å². The van der Waals surface area contributed by atoms with Crippen LogP contribution >= 0.6 is 0 Å². The molecule has 0 aliphatic carbocycles. The first-order valence-corrected chi connectivity index (χ1v) is 10.7. The summed E-state index contributed by atoms with van der Waals surface area (Å²) >= 11 is 0. The van der Waals surface area contributed by atoms with Crippen LogP contribution < -0.4 is 14.8 Å². The third-order valence-electron chi connectivity index (χ3n) is 5.13. The van der Waals surface area contributed by atoms with Crippen molar-refractivity contribution in [2.75, 3.05) is 12.4 Å². The third-order valence-corrected chi connectivity index (χ3v) is 5.13. The highest BCUT2D eigenvalue weighted by Crippen LogP contribution is 2.25. The van der Waals surface area contributed by atoms with Crippen LogP contribution in [0.4, 0.5) is 5.69 Å². The number of carbonyl (C=O) groups is 1. The largest absolute Gasteiger partial charge is 0.497 e. The van der Waals surface area contributed by atoms with Crippen LogP contribution in [0.1, 0.15) is 35.7 Å². The van der Waals surface area contributed by atoms with Gasteiger partial charge in [-0.3, -0.25) is 4.79 Å². The summed E-state index contributed by atoms with van der Waals surface area (Å²) in [7, 11) is 1.61. The Bertz CT molecular complexity index is 1240. The second-order valence-electron chi connectivity index (χ2n) is 7.81. The van der Waals surface area contributed by atoms with E-state index in [0.717, 1.165) is 17.0 Å². The standard InChI is InChI=1S/C27H25N3O3/c1-18(2)19-7-9-22(10-8-19)29-27(31)21-6-4-5-20(17-21)26-28-16-15-25(30-26)33-24-13-11-23(32-3)12-14-24/h4-18H,1-3H3,(H,29,31). The summed E-state index contributed by atoms with van der Waals surface area (Å²) in [5, 5.41) is 2.94. The monoisotopic (exact) mass is 439 g/mol. The molecule has 6 heteroatoms. The molecule has 0 radical (unpaired) electrons. The van der Waals surface area contributed by atoms with Gasteiger partial charge in [-0.15, -0.1) is 0 Å². The summed E-state index contributed by atoms with van der Waals surface area (Å²) in [4.78, 5) is 21.6. The number of nitrogens with zero attached hydrogens (tertiary/aromatic N) is 2. The van der Waals surface area contributed by atoms with E-state index in [0.29, 0.717) is 28.9 Å². The molecule has 1 heterocycles. The van der Waals surface area contributed by atoms with Crippen molar-refractivity contribution in [2.24, 2.45) is 0 Å². The lowest BCUT2D eigenvalue weighted by Gasteiger charge is -2.10. The first-order valence-electron chi connectivity index (χ1n) is 10.7. The lowest BCUT2D eigenvalue weighted by atomic mass is 10.0. The molecule has 0 aliphatic heterocycles. The number of hydrogen-bond donors (Lipinski definition) is 1. The number of rotatable bonds is 7. The Kier molecular flexibility index (Phi) is 6.64. The van der Waals surface area contributed by atoms with E-state index in [-0.39, 0.29) is 5.91 Å². The van der Waals surface area contributed by atoms with Gasteiger partial charge in [0.05, 0.1) is 7.11 Å². The minimum atomic E-state index is -0.195. The third kappa shape index (κ3) is 5.54. The number of amides is 1. The van der Waals surface area contributed by atoms with Crippen LogP contribution in [0, 0.1) is 0 Å². The Labute approximate surface area is 193 Å². The minimum Gasteiger partial charge on any atom is -0.497 e. The summed E-state index contributed by atoms with van der Waals surface area (Å²) in [6.45, 7) is 4.27. The smallest absolute Gasteiger partial charge is 0.255 e. The molecule has 0 bridgehead atoms. The summed E-state index contributed by atoms with van der Waals surface area (Å²) in [6.07, 6.45) is 1.63. The molecule has 1 amide bonds. The fourth-order valence-corrected chi connectivity index (χ4v) is 3.26. The number of carbonyl (C=O) groups excluding carboxylic acids is 1. The quantitative estimate of drug-likeness (QED) is 0.365. The number of anilines is 1. The Morgan fingerprint density at radius 3 is 2.33 bits per heavy atom. The first kappa shape index (κ1) is 22.0. The van der Waals surface area contributed by atoms with E-state index in [1.165, 1.54) is 5.56 Å². The molecule has 1 aromatic heterocycles. The van der Waals surface area contributed by atoms with E-state index in [9.17, 15) is 4.79 Å². The fourth-order valence-electron chi connectivity index (χ4n) is 3.26. The second-order valence-corrected chi connectivity index (χ2v) is 7.81. The van der Waals surface area contributed by atoms with Crippen LogP contribution in [0.15, 0.2) is 85.1 Å². The van der Waals surface area contributed by atoms with E-state index in [1.807, 2.05) is 48.5 Å². The number of aromatic nitrogens is 2. The average molecular weight is 440 g/mol. The molecular weight excluding hydrogens is 414 g/mol. The number of hydrogen-bond acceptors (Lipinski definition) is 5. The van der Waals surface area contributed by atoms with Crippen molar-refractivity contribution in [3.05, 3.63) is 96.2 Å². The molecule has 33 heavy (non-hydrogen) atoms. The molecule has 0 atom stereocenters. The van der Waals surface area contributed by atoms with Gasteiger partial charge >= 0.3 is 0 Å².